The van der Waals surface area contributed by atoms with Crippen LogP contribution >= 0.6 is 0 Å². The molecule has 3 heterocycles. The number of benzene rings is 2. The van der Waals surface area contributed by atoms with Gasteiger partial charge in [-0.25, -0.2) is 9.18 Å². The SMILES string of the molecule is Cc1nc(C)c(C(OC(C)(C)C)C(=O)O)c(N2CCC(C)(C)CC2)c1-c1ccc2c(c1)CCC(C)(Cc1ccc(F)cc1)O2. The number of rotatable bonds is 7. The van der Waals surface area contributed by atoms with E-state index in [1.165, 1.54) is 12.1 Å². The van der Waals surface area contributed by atoms with Crippen molar-refractivity contribution in [3.63, 3.8) is 0 Å². The standard InChI is InChI=1S/C37H47FN2O4/c1-23-30(27-11-14-29-26(21-27)15-16-37(8,43-29)22-25-9-12-28(38)13-10-25)32(40-19-17-36(6,7)18-20-40)31(24(2)39-23)33(34(41)42)44-35(3,4)5/h9-14,21,33H,15-20,22H2,1-8H3,(H,41,42). The highest BCUT2D eigenvalue weighted by Gasteiger charge is 2.37. The van der Waals surface area contributed by atoms with E-state index in [2.05, 4.69) is 37.8 Å². The number of fused-ring (bicyclic) bond motifs is 1. The van der Waals surface area contributed by atoms with Gasteiger partial charge in [0, 0.05) is 42.0 Å². The van der Waals surface area contributed by atoms with Crippen molar-refractivity contribution < 1.29 is 23.8 Å². The molecule has 3 aromatic rings. The van der Waals surface area contributed by atoms with Crippen LogP contribution in [0.2, 0.25) is 0 Å². The lowest BCUT2D eigenvalue weighted by Crippen LogP contribution is -2.39. The fourth-order valence-electron chi connectivity index (χ4n) is 6.66. The number of hydrogen-bond acceptors (Lipinski definition) is 5. The van der Waals surface area contributed by atoms with Gasteiger partial charge in [-0.05, 0) is 114 Å². The Morgan fingerprint density at radius 1 is 1.05 bits per heavy atom. The summed E-state index contributed by atoms with van der Waals surface area (Å²) in [4.78, 5) is 20.1. The molecule has 2 atom stereocenters. The molecular formula is C37H47FN2O4. The summed E-state index contributed by atoms with van der Waals surface area (Å²) in [5.74, 6) is -0.404. The van der Waals surface area contributed by atoms with Crippen LogP contribution in [0.4, 0.5) is 10.1 Å². The summed E-state index contributed by atoms with van der Waals surface area (Å²) in [6.07, 6.45) is 3.22. The molecule has 0 amide bonds. The second kappa shape index (κ2) is 11.8. The highest BCUT2D eigenvalue weighted by atomic mass is 19.1. The molecule has 236 valence electrons. The summed E-state index contributed by atoms with van der Waals surface area (Å²) in [5, 5.41) is 10.5. The predicted molar refractivity (Wildman–Crippen MR) is 173 cm³/mol. The van der Waals surface area contributed by atoms with Gasteiger partial charge in [-0.3, -0.25) is 4.98 Å². The molecule has 1 aromatic heterocycles. The average Bonchev–Trinajstić information content (AvgIpc) is 2.92. The molecule has 7 heteroatoms. The fraction of sp³-hybridized carbons (Fsp3) is 0.514. The van der Waals surface area contributed by atoms with Crippen molar-refractivity contribution in [2.45, 2.75) is 105 Å². The van der Waals surface area contributed by atoms with E-state index in [9.17, 15) is 14.3 Å². The normalized spacial score (nSPS) is 20.5. The lowest BCUT2D eigenvalue weighted by Gasteiger charge is -2.41. The molecule has 0 saturated carbocycles. The lowest BCUT2D eigenvalue weighted by molar-refractivity contribution is -0.160. The number of aromatic nitrogens is 1. The largest absolute Gasteiger partial charge is 0.487 e. The second-order valence-corrected chi connectivity index (χ2v) is 14.7. The molecule has 1 N–H and O–H groups in total. The van der Waals surface area contributed by atoms with Gasteiger partial charge < -0.3 is 19.5 Å². The molecule has 6 nitrogen and oxygen atoms in total. The van der Waals surface area contributed by atoms with E-state index < -0.39 is 23.3 Å². The van der Waals surface area contributed by atoms with Crippen LogP contribution in [0, 0.1) is 25.1 Å². The third-order valence-electron chi connectivity index (χ3n) is 9.09. The van der Waals surface area contributed by atoms with E-state index in [-0.39, 0.29) is 11.2 Å². The number of aryl methyl sites for hydroxylation is 3. The van der Waals surface area contributed by atoms with Gasteiger partial charge in [0.25, 0.3) is 0 Å². The predicted octanol–water partition coefficient (Wildman–Crippen LogP) is 8.40. The number of carboxylic acids is 1. The zero-order chi connectivity index (χ0) is 32.0. The quantitative estimate of drug-likeness (QED) is 0.293. The smallest absolute Gasteiger partial charge is 0.337 e. The number of nitrogens with zero attached hydrogens (tertiary/aromatic N) is 2. The number of carbonyl (C=O) groups is 1. The molecule has 44 heavy (non-hydrogen) atoms. The lowest BCUT2D eigenvalue weighted by atomic mass is 9.81. The summed E-state index contributed by atoms with van der Waals surface area (Å²) >= 11 is 0. The van der Waals surface area contributed by atoms with Crippen molar-refractivity contribution in [2.24, 2.45) is 5.41 Å². The van der Waals surface area contributed by atoms with Gasteiger partial charge in [-0.15, -0.1) is 0 Å². The minimum absolute atomic E-state index is 0.228. The van der Waals surface area contributed by atoms with E-state index >= 15 is 0 Å². The first-order chi connectivity index (χ1) is 20.5. The summed E-state index contributed by atoms with van der Waals surface area (Å²) in [6, 6.07) is 12.9. The van der Waals surface area contributed by atoms with Crippen LogP contribution in [0.25, 0.3) is 11.1 Å². The molecule has 0 radical (unpaired) electrons. The summed E-state index contributed by atoms with van der Waals surface area (Å²) in [5.41, 5.74) is 6.38. The third-order valence-corrected chi connectivity index (χ3v) is 9.09. The third kappa shape index (κ3) is 6.93. The van der Waals surface area contributed by atoms with E-state index in [1.54, 1.807) is 0 Å². The Morgan fingerprint density at radius 3 is 2.32 bits per heavy atom. The minimum Gasteiger partial charge on any atom is -0.487 e. The Morgan fingerprint density at radius 2 is 1.70 bits per heavy atom. The Hall–Kier alpha value is -3.45. The van der Waals surface area contributed by atoms with E-state index in [0.717, 1.165) is 78.2 Å². The van der Waals surface area contributed by atoms with Crippen molar-refractivity contribution in [2.75, 3.05) is 18.0 Å². The molecule has 0 spiro atoms. The Kier molecular flexibility index (Phi) is 8.58. The van der Waals surface area contributed by atoms with Gasteiger partial charge in [0.1, 0.15) is 17.2 Å². The first-order valence-electron chi connectivity index (χ1n) is 15.8. The number of anilines is 1. The molecule has 1 fully saturated rings. The maximum atomic E-state index is 13.5. The Bertz CT molecular complexity index is 1530. The number of piperidine rings is 1. The Balaban J connectivity index is 1.58. The van der Waals surface area contributed by atoms with Crippen LogP contribution in [0.15, 0.2) is 42.5 Å². The highest BCUT2D eigenvalue weighted by molar-refractivity contribution is 5.88. The first-order valence-corrected chi connectivity index (χ1v) is 15.8. The van der Waals surface area contributed by atoms with Crippen LogP contribution in [-0.2, 0) is 22.4 Å². The summed E-state index contributed by atoms with van der Waals surface area (Å²) in [7, 11) is 0. The van der Waals surface area contributed by atoms with E-state index in [0.29, 0.717) is 17.7 Å². The second-order valence-electron chi connectivity index (χ2n) is 14.7. The summed E-state index contributed by atoms with van der Waals surface area (Å²) in [6.45, 7) is 17.9. The molecular weight excluding hydrogens is 555 g/mol. The van der Waals surface area contributed by atoms with Gasteiger partial charge >= 0.3 is 5.97 Å². The van der Waals surface area contributed by atoms with Crippen molar-refractivity contribution in [1.82, 2.24) is 4.98 Å². The number of carboxylic acid groups (broad SMARTS) is 1. The molecule has 0 bridgehead atoms. The van der Waals surface area contributed by atoms with Crippen LogP contribution in [-0.4, -0.2) is 40.4 Å². The molecule has 2 aliphatic rings. The molecule has 2 aliphatic heterocycles. The van der Waals surface area contributed by atoms with Crippen LogP contribution in [0.1, 0.15) is 95.0 Å². The molecule has 0 aliphatic carbocycles. The van der Waals surface area contributed by atoms with Crippen LogP contribution in [0.3, 0.4) is 0 Å². The molecule has 5 rings (SSSR count). The van der Waals surface area contributed by atoms with Crippen molar-refractivity contribution in [3.05, 3.63) is 76.4 Å². The zero-order valence-corrected chi connectivity index (χ0v) is 27.5. The van der Waals surface area contributed by atoms with Gasteiger partial charge in [0.2, 0.25) is 0 Å². The van der Waals surface area contributed by atoms with E-state index in [4.69, 9.17) is 14.5 Å². The molecule has 2 unspecified atom stereocenters. The fourth-order valence-corrected chi connectivity index (χ4v) is 6.66. The molecule has 2 aromatic carbocycles. The maximum absolute atomic E-state index is 13.5. The van der Waals surface area contributed by atoms with Gasteiger partial charge in [0.05, 0.1) is 11.3 Å². The average molecular weight is 603 g/mol. The topological polar surface area (TPSA) is 71.9 Å². The number of halogens is 1. The zero-order valence-electron chi connectivity index (χ0n) is 27.5. The van der Waals surface area contributed by atoms with Crippen molar-refractivity contribution in [1.29, 1.82) is 0 Å². The van der Waals surface area contributed by atoms with Crippen LogP contribution < -0.4 is 9.64 Å². The van der Waals surface area contributed by atoms with Gasteiger partial charge in [-0.2, -0.15) is 0 Å². The summed E-state index contributed by atoms with van der Waals surface area (Å²) < 4.78 is 26.3. The van der Waals surface area contributed by atoms with Crippen LogP contribution in [0.5, 0.6) is 5.75 Å². The van der Waals surface area contributed by atoms with Crippen molar-refractivity contribution >= 4 is 11.7 Å². The first kappa shape index (κ1) is 32.0. The van der Waals surface area contributed by atoms with E-state index in [1.807, 2.05) is 52.8 Å². The number of pyridine rings is 1. The Labute approximate surface area is 261 Å². The number of aliphatic carboxylic acids is 1. The number of hydrogen-bond donors (Lipinski definition) is 1. The minimum atomic E-state index is -1.15. The highest BCUT2D eigenvalue weighted by Crippen LogP contribution is 2.46. The maximum Gasteiger partial charge on any atom is 0.337 e. The van der Waals surface area contributed by atoms with Crippen molar-refractivity contribution in [3.8, 4) is 16.9 Å². The monoisotopic (exact) mass is 602 g/mol. The van der Waals surface area contributed by atoms with Gasteiger partial charge in [-0.1, -0.05) is 32.0 Å². The molecule has 1 saturated heterocycles. The van der Waals surface area contributed by atoms with Gasteiger partial charge in [0.15, 0.2) is 6.10 Å². The number of ether oxygens (including phenoxy) is 2.